The summed E-state index contributed by atoms with van der Waals surface area (Å²) in [4.78, 5) is 48.8. The maximum Gasteiger partial charge on any atom is 0.330 e. The third kappa shape index (κ3) is 5.49. The molecule has 0 aliphatic rings. The summed E-state index contributed by atoms with van der Waals surface area (Å²) in [6.45, 7) is 7.17. The molecule has 10 heteroatoms. The van der Waals surface area contributed by atoms with E-state index in [0.717, 1.165) is 37.8 Å². The Bertz CT molecular complexity index is 1160. The molecule has 0 saturated heterocycles. The Labute approximate surface area is 184 Å². The van der Waals surface area contributed by atoms with E-state index >= 15 is 0 Å². The molecule has 0 radical (unpaired) electrons. The number of nitrogens with one attached hydrogen (secondary N) is 2. The van der Waals surface area contributed by atoms with Crippen molar-refractivity contribution in [1.29, 1.82) is 0 Å². The molecular formula is C21H30N6O3S. The number of rotatable bonds is 11. The fourth-order valence-electron chi connectivity index (χ4n) is 3.51. The lowest BCUT2D eigenvalue weighted by molar-refractivity contribution is -0.116. The third-order valence-electron chi connectivity index (χ3n) is 5.13. The fourth-order valence-corrected chi connectivity index (χ4v) is 4.22. The van der Waals surface area contributed by atoms with Crippen LogP contribution < -0.4 is 16.6 Å². The summed E-state index contributed by atoms with van der Waals surface area (Å²) < 4.78 is 3.42. The molecular weight excluding hydrogens is 416 g/mol. The van der Waals surface area contributed by atoms with E-state index in [1.54, 1.807) is 4.57 Å². The standard InChI is InChI=1S/C21H30N6O3S/c1-4-6-8-12-26-15(9-10-16(28)24-20-22-14(3)13-31-20)23-18-17(26)19(29)25-21(30)27(18)11-7-5-2/h13H,4-12H2,1-3H3,(H,22,24,28)(H,25,29,30). The number of unbranched alkanes of at least 4 members (excludes halogenated alkanes) is 3. The van der Waals surface area contributed by atoms with Gasteiger partial charge in [0.2, 0.25) is 5.91 Å². The number of imidazole rings is 1. The molecule has 0 unspecified atom stereocenters. The zero-order valence-corrected chi connectivity index (χ0v) is 19.2. The Morgan fingerprint density at radius 1 is 1.10 bits per heavy atom. The Morgan fingerprint density at radius 3 is 2.52 bits per heavy atom. The van der Waals surface area contributed by atoms with Gasteiger partial charge in [0.15, 0.2) is 16.3 Å². The van der Waals surface area contributed by atoms with E-state index in [4.69, 9.17) is 0 Å². The molecule has 0 bridgehead atoms. The zero-order chi connectivity index (χ0) is 22.4. The SMILES string of the molecule is CCCCCn1c(CCC(=O)Nc2nc(C)cs2)nc2c1c(=O)[nH]c(=O)n2CCCC. The lowest BCUT2D eigenvalue weighted by atomic mass is 10.2. The second kappa shape index (κ2) is 10.5. The molecule has 0 atom stereocenters. The molecule has 1 amide bonds. The van der Waals surface area contributed by atoms with Gasteiger partial charge in [0.25, 0.3) is 5.56 Å². The molecule has 3 heterocycles. The minimum absolute atomic E-state index is 0.154. The van der Waals surface area contributed by atoms with Crippen molar-refractivity contribution in [3.63, 3.8) is 0 Å². The Balaban J connectivity index is 1.91. The highest BCUT2D eigenvalue weighted by Gasteiger charge is 2.19. The van der Waals surface area contributed by atoms with Crippen LogP contribution in [0.25, 0.3) is 11.2 Å². The van der Waals surface area contributed by atoms with Gasteiger partial charge in [0.05, 0.1) is 5.69 Å². The molecule has 0 aliphatic carbocycles. The van der Waals surface area contributed by atoms with Crippen LogP contribution in [0.2, 0.25) is 0 Å². The van der Waals surface area contributed by atoms with E-state index in [1.165, 1.54) is 11.3 Å². The van der Waals surface area contributed by atoms with Gasteiger partial charge in [-0.05, 0) is 19.8 Å². The van der Waals surface area contributed by atoms with E-state index in [1.807, 2.05) is 23.8 Å². The second-order valence-corrected chi connectivity index (χ2v) is 8.52. The number of aromatic amines is 1. The van der Waals surface area contributed by atoms with Crippen LogP contribution in [0.1, 0.15) is 63.9 Å². The highest BCUT2D eigenvalue weighted by molar-refractivity contribution is 7.13. The number of anilines is 1. The lowest BCUT2D eigenvalue weighted by Gasteiger charge is -2.09. The highest BCUT2D eigenvalue weighted by atomic mass is 32.1. The molecule has 31 heavy (non-hydrogen) atoms. The summed E-state index contributed by atoms with van der Waals surface area (Å²) in [6, 6.07) is 0. The van der Waals surface area contributed by atoms with Crippen LogP contribution in [0.15, 0.2) is 15.0 Å². The quantitative estimate of drug-likeness (QED) is 0.439. The molecule has 0 fully saturated rings. The lowest BCUT2D eigenvalue weighted by Crippen LogP contribution is -2.31. The van der Waals surface area contributed by atoms with Gasteiger partial charge in [0, 0.05) is 31.3 Å². The average molecular weight is 447 g/mol. The molecule has 3 rings (SSSR count). The number of aromatic nitrogens is 5. The van der Waals surface area contributed by atoms with Crippen molar-refractivity contribution in [1.82, 2.24) is 24.1 Å². The van der Waals surface area contributed by atoms with Gasteiger partial charge >= 0.3 is 5.69 Å². The first kappa shape index (κ1) is 22.9. The normalized spacial score (nSPS) is 11.3. The second-order valence-electron chi connectivity index (χ2n) is 7.67. The highest BCUT2D eigenvalue weighted by Crippen LogP contribution is 2.17. The van der Waals surface area contributed by atoms with Gasteiger partial charge in [0.1, 0.15) is 5.82 Å². The molecule has 3 aromatic heterocycles. The smallest absolute Gasteiger partial charge is 0.322 e. The first-order chi connectivity index (χ1) is 14.9. The summed E-state index contributed by atoms with van der Waals surface area (Å²) in [5.41, 5.74) is 0.822. The van der Waals surface area contributed by atoms with Gasteiger partial charge in [-0.3, -0.25) is 19.1 Å². The number of amides is 1. The van der Waals surface area contributed by atoms with Gasteiger partial charge in [-0.2, -0.15) is 0 Å². The van der Waals surface area contributed by atoms with Crippen LogP contribution in [0.4, 0.5) is 5.13 Å². The Morgan fingerprint density at radius 2 is 1.84 bits per heavy atom. The van der Waals surface area contributed by atoms with Crippen molar-refractivity contribution in [3.8, 4) is 0 Å². The summed E-state index contributed by atoms with van der Waals surface area (Å²) in [6.07, 6.45) is 5.30. The molecule has 0 saturated carbocycles. The van der Waals surface area contributed by atoms with E-state index in [-0.39, 0.29) is 12.3 Å². The summed E-state index contributed by atoms with van der Waals surface area (Å²) in [5.74, 6) is 0.497. The van der Waals surface area contributed by atoms with Crippen molar-refractivity contribution in [2.75, 3.05) is 5.32 Å². The molecule has 168 valence electrons. The van der Waals surface area contributed by atoms with E-state index < -0.39 is 11.2 Å². The number of thiazole rings is 1. The number of hydrogen-bond donors (Lipinski definition) is 2. The van der Waals surface area contributed by atoms with Crippen LogP contribution in [0, 0.1) is 6.92 Å². The Hall–Kier alpha value is -2.75. The van der Waals surface area contributed by atoms with Crippen molar-refractivity contribution in [3.05, 3.63) is 37.7 Å². The van der Waals surface area contributed by atoms with Crippen molar-refractivity contribution < 1.29 is 4.79 Å². The summed E-state index contributed by atoms with van der Waals surface area (Å²) in [5, 5.41) is 5.26. The predicted octanol–water partition coefficient (Wildman–Crippen LogP) is 3.21. The molecule has 0 spiro atoms. The van der Waals surface area contributed by atoms with E-state index in [0.29, 0.717) is 41.6 Å². The minimum atomic E-state index is -0.437. The number of H-pyrrole nitrogens is 1. The van der Waals surface area contributed by atoms with Gasteiger partial charge in [-0.25, -0.2) is 14.8 Å². The molecule has 0 aliphatic heterocycles. The maximum atomic E-state index is 12.7. The number of nitrogens with zero attached hydrogens (tertiary/aromatic N) is 4. The van der Waals surface area contributed by atoms with Crippen LogP contribution in [0.5, 0.6) is 0 Å². The van der Waals surface area contributed by atoms with Crippen molar-refractivity contribution in [2.24, 2.45) is 0 Å². The average Bonchev–Trinajstić information content (AvgIpc) is 3.30. The monoisotopic (exact) mass is 446 g/mol. The zero-order valence-electron chi connectivity index (χ0n) is 18.4. The number of carbonyl (C=O) groups excluding carboxylic acids is 1. The number of fused-ring (bicyclic) bond motifs is 1. The third-order valence-corrected chi connectivity index (χ3v) is 6.00. The van der Waals surface area contributed by atoms with Crippen molar-refractivity contribution >= 4 is 33.5 Å². The van der Waals surface area contributed by atoms with Crippen LogP contribution in [0.3, 0.4) is 0 Å². The first-order valence-electron chi connectivity index (χ1n) is 10.9. The number of aryl methyl sites for hydroxylation is 4. The Kier molecular flexibility index (Phi) is 7.78. The maximum absolute atomic E-state index is 12.7. The molecule has 2 N–H and O–H groups in total. The van der Waals surface area contributed by atoms with Gasteiger partial charge in [-0.15, -0.1) is 11.3 Å². The first-order valence-corrected chi connectivity index (χ1v) is 11.8. The summed E-state index contributed by atoms with van der Waals surface area (Å²) in [7, 11) is 0. The fraction of sp³-hybridized carbons (Fsp3) is 0.571. The molecule has 3 aromatic rings. The van der Waals surface area contributed by atoms with Crippen LogP contribution in [-0.2, 0) is 24.3 Å². The van der Waals surface area contributed by atoms with Crippen LogP contribution >= 0.6 is 11.3 Å². The topological polar surface area (TPSA) is 115 Å². The predicted molar refractivity (Wildman–Crippen MR) is 123 cm³/mol. The largest absolute Gasteiger partial charge is 0.330 e. The van der Waals surface area contributed by atoms with E-state index in [2.05, 4.69) is 27.2 Å². The summed E-state index contributed by atoms with van der Waals surface area (Å²) >= 11 is 1.39. The van der Waals surface area contributed by atoms with E-state index in [9.17, 15) is 14.4 Å². The van der Waals surface area contributed by atoms with Gasteiger partial charge in [-0.1, -0.05) is 33.1 Å². The van der Waals surface area contributed by atoms with Crippen molar-refractivity contribution in [2.45, 2.75) is 78.8 Å². The molecule has 0 aromatic carbocycles. The number of carbonyl (C=O) groups is 1. The molecule has 9 nitrogen and oxygen atoms in total. The number of hydrogen-bond acceptors (Lipinski definition) is 6. The minimum Gasteiger partial charge on any atom is -0.322 e. The van der Waals surface area contributed by atoms with Gasteiger partial charge < -0.3 is 9.88 Å². The van der Waals surface area contributed by atoms with Crippen LogP contribution in [-0.4, -0.2) is 30.0 Å².